The van der Waals surface area contributed by atoms with Gasteiger partial charge in [-0.2, -0.15) is 0 Å². The molecule has 0 aliphatic heterocycles. The van der Waals surface area contributed by atoms with Crippen molar-refractivity contribution in [2.45, 2.75) is 13.3 Å². The third-order valence-electron chi connectivity index (χ3n) is 2.87. The maximum atomic E-state index is 12.2. The molecule has 5 nitrogen and oxygen atoms in total. The van der Waals surface area contributed by atoms with Crippen molar-refractivity contribution in [1.82, 2.24) is 10.3 Å². The topological polar surface area (TPSA) is 71.1 Å². The van der Waals surface area contributed by atoms with E-state index in [4.69, 9.17) is 0 Å². The molecule has 2 amide bonds. The predicted molar refractivity (Wildman–Crippen MR) is 89.0 cm³/mol. The summed E-state index contributed by atoms with van der Waals surface area (Å²) >= 11 is 3.34. The molecular formula is C16H16BrN3O2. The van der Waals surface area contributed by atoms with Crippen molar-refractivity contribution in [3.05, 3.63) is 58.3 Å². The van der Waals surface area contributed by atoms with Crippen molar-refractivity contribution < 1.29 is 9.59 Å². The van der Waals surface area contributed by atoms with E-state index in [2.05, 4.69) is 31.5 Å². The van der Waals surface area contributed by atoms with E-state index in [0.29, 0.717) is 17.8 Å². The van der Waals surface area contributed by atoms with Crippen LogP contribution in [0.15, 0.2) is 47.1 Å². The second-order valence-corrected chi connectivity index (χ2v) is 5.57. The lowest BCUT2D eigenvalue weighted by Crippen LogP contribution is -2.24. The first kappa shape index (κ1) is 16.2. The van der Waals surface area contributed by atoms with Crippen LogP contribution in [0.5, 0.6) is 0 Å². The smallest absolute Gasteiger partial charge is 0.274 e. The van der Waals surface area contributed by atoms with Crippen LogP contribution in [0.2, 0.25) is 0 Å². The van der Waals surface area contributed by atoms with E-state index >= 15 is 0 Å². The molecular weight excluding hydrogens is 346 g/mol. The number of nitrogens with zero attached hydrogens (tertiary/aromatic N) is 1. The number of aromatic nitrogens is 1. The molecule has 1 aromatic carbocycles. The summed E-state index contributed by atoms with van der Waals surface area (Å²) in [6.45, 7) is 2.57. The normalized spacial score (nSPS) is 10.1. The Balaban J connectivity index is 2.11. The van der Waals surface area contributed by atoms with Gasteiger partial charge in [-0.1, -0.05) is 28.9 Å². The zero-order valence-corrected chi connectivity index (χ0v) is 13.7. The summed E-state index contributed by atoms with van der Waals surface area (Å²) in [6, 6.07) is 10.3. The highest BCUT2D eigenvalue weighted by molar-refractivity contribution is 9.10. The third kappa shape index (κ3) is 4.39. The number of carbonyl (C=O) groups excluding carboxylic acids is 2. The van der Waals surface area contributed by atoms with Crippen molar-refractivity contribution in [3.63, 3.8) is 0 Å². The summed E-state index contributed by atoms with van der Waals surface area (Å²) in [7, 11) is 0. The lowest BCUT2D eigenvalue weighted by atomic mass is 10.2. The van der Waals surface area contributed by atoms with Crippen LogP contribution in [0, 0.1) is 0 Å². The van der Waals surface area contributed by atoms with E-state index in [0.717, 1.165) is 10.9 Å². The molecule has 114 valence electrons. The van der Waals surface area contributed by atoms with Gasteiger partial charge in [0.2, 0.25) is 0 Å². The maximum absolute atomic E-state index is 12.2. The number of anilines is 1. The molecule has 2 N–H and O–H groups in total. The highest BCUT2D eigenvalue weighted by Gasteiger charge is 2.12. The molecule has 0 saturated heterocycles. The Morgan fingerprint density at radius 1 is 1.18 bits per heavy atom. The zero-order valence-electron chi connectivity index (χ0n) is 12.1. The number of nitrogens with one attached hydrogen (secondary N) is 2. The van der Waals surface area contributed by atoms with Gasteiger partial charge in [-0.25, -0.2) is 0 Å². The molecule has 0 atom stereocenters. The molecule has 0 saturated carbocycles. The molecule has 1 heterocycles. The zero-order chi connectivity index (χ0) is 15.9. The van der Waals surface area contributed by atoms with Gasteiger partial charge in [-0.15, -0.1) is 0 Å². The molecule has 0 radical (unpaired) electrons. The van der Waals surface area contributed by atoms with Crippen molar-refractivity contribution in [3.8, 4) is 0 Å². The number of amides is 2. The Hall–Kier alpha value is -2.21. The second-order valence-electron chi connectivity index (χ2n) is 4.65. The quantitative estimate of drug-likeness (QED) is 0.858. The van der Waals surface area contributed by atoms with E-state index in [1.165, 1.54) is 12.3 Å². The van der Waals surface area contributed by atoms with E-state index in [1.54, 1.807) is 18.2 Å². The van der Waals surface area contributed by atoms with E-state index in [-0.39, 0.29) is 17.5 Å². The average Bonchev–Trinajstić information content (AvgIpc) is 2.52. The van der Waals surface area contributed by atoms with Crippen LogP contribution in [-0.4, -0.2) is 23.3 Å². The molecule has 0 fully saturated rings. The van der Waals surface area contributed by atoms with Gasteiger partial charge in [0.1, 0.15) is 5.69 Å². The van der Waals surface area contributed by atoms with Crippen LogP contribution < -0.4 is 10.6 Å². The van der Waals surface area contributed by atoms with Crippen LogP contribution in [0.1, 0.15) is 34.2 Å². The monoisotopic (exact) mass is 361 g/mol. The van der Waals surface area contributed by atoms with Crippen LogP contribution >= 0.6 is 15.9 Å². The first-order chi connectivity index (χ1) is 10.6. The number of pyridine rings is 1. The van der Waals surface area contributed by atoms with Gasteiger partial charge >= 0.3 is 0 Å². The molecule has 2 rings (SSSR count). The van der Waals surface area contributed by atoms with Crippen LogP contribution in [-0.2, 0) is 0 Å². The minimum atomic E-state index is -0.358. The van der Waals surface area contributed by atoms with Crippen LogP contribution in [0.4, 0.5) is 5.69 Å². The Labute approximate surface area is 137 Å². The summed E-state index contributed by atoms with van der Waals surface area (Å²) in [5, 5.41) is 5.51. The molecule has 22 heavy (non-hydrogen) atoms. The maximum Gasteiger partial charge on any atom is 0.274 e. The van der Waals surface area contributed by atoms with Crippen LogP contribution in [0.3, 0.4) is 0 Å². The summed E-state index contributed by atoms with van der Waals surface area (Å²) in [4.78, 5) is 28.1. The second kappa shape index (κ2) is 7.70. The van der Waals surface area contributed by atoms with Crippen molar-refractivity contribution in [2.75, 3.05) is 11.9 Å². The summed E-state index contributed by atoms with van der Waals surface area (Å²) in [6.07, 6.45) is 2.31. The van der Waals surface area contributed by atoms with Gasteiger partial charge in [-0.05, 0) is 36.8 Å². The highest BCUT2D eigenvalue weighted by Crippen LogP contribution is 2.16. The van der Waals surface area contributed by atoms with Gasteiger partial charge < -0.3 is 10.6 Å². The first-order valence-corrected chi connectivity index (χ1v) is 7.70. The van der Waals surface area contributed by atoms with Gasteiger partial charge in [0.15, 0.2) is 0 Å². The number of carbonyl (C=O) groups is 2. The van der Waals surface area contributed by atoms with Crippen molar-refractivity contribution in [2.24, 2.45) is 0 Å². The number of hydrogen-bond acceptors (Lipinski definition) is 3. The average molecular weight is 362 g/mol. The molecule has 1 aromatic heterocycles. The Morgan fingerprint density at radius 2 is 2.00 bits per heavy atom. The summed E-state index contributed by atoms with van der Waals surface area (Å²) < 4.78 is 0.867. The minimum Gasteiger partial charge on any atom is -0.352 e. The summed E-state index contributed by atoms with van der Waals surface area (Å²) in [5.41, 5.74) is 1.27. The number of hydrogen-bond donors (Lipinski definition) is 2. The molecule has 0 spiro atoms. The van der Waals surface area contributed by atoms with E-state index in [9.17, 15) is 9.59 Å². The van der Waals surface area contributed by atoms with Gasteiger partial charge in [-0.3, -0.25) is 14.6 Å². The van der Waals surface area contributed by atoms with Gasteiger partial charge in [0, 0.05) is 28.5 Å². The fourth-order valence-electron chi connectivity index (χ4n) is 1.80. The number of halogens is 1. The molecule has 0 unspecified atom stereocenters. The Morgan fingerprint density at radius 3 is 2.73 bits per heavy atom. The molecule has 0 aliphatic carbocycles. The fourth-order valence-corrected chi connectivity index (χ4v) is 2.20. The highest BCUT2D eigenvalue weighted by atomic mass is 79.9. The molecule has 2 aromatic rings. The Bertz CT molecular complexity index is 689. The van der Waals surface area contributed by atoms with E-state index in [1.807, 2.05) is 19.1 Å². The molecule has 0 bridgehead atoms. The lowest BCUT2D eigenvalue weighted by Gasteiger charge is -2.07. The third-order valence-corrected chi connectivity index (χ3v) is 3.37. The minimum absolute atomic E-state index is 0.198. The van der Waals surface area contributed by atoms with Gasteiger partial charge in [0.25, 0.3) is 11.8 Å². The number of rotatable bonds is 5. The standard InChI is InChI=1S/C16H16BrN3O2/c1-2-7-19-15(21)11-6-8-18-14(9-11)16(22)20-13-5-3-4-12(17)10-13/h3-6,8-10H,2,7H2,1H3,(H,19,21)(H,20,22). The first-order valence-electron chi connectivity index (χ1n) is 6.91. The molecule has 0 aliphatic rings. The SMILES string of the molecule is CCCNC(=O)c1ccnc(C(=O)Nc2cccc(Br)c2)c1. The largest absolute Gasteiger partial charge is 0.352 e. The summed E-state index contributed by atoms with van der Waals surface area (Å²) in [5.74, 6) is -0.566. The fraction of sp³-hybridized carbons (Fsp3) is 0.188. The van der Waals surface area contributed by atoms with Gasteiger partial charge in [0.05, 0.1) is 0 Å². The van der Waals surface area contributed by atoms with Crippen molar-refractivity contribution in [1.29, 1.82) is 0 Å². The van der Waals surface area contributed by atoms with E-state index < -0.39 is 0 Å². The lowest BCUT2D eigenvalue weighted by molar-refractivity contribution is 0.0953. The number of benzene rings is 1. The van der Waals surface area contributed by atoms with Crippen molar-refractivity contribution >= 4 is 33.4 Å². The Kier molecular flexibility index (Phi) is 5.66. The molecule has 6 heteroatoms. The predicted octanol–water partition coefficient (Wildman–Crippen LogP) is 3.24. The van der Waals surface area contributed by atoms with Crippen LogP contribution in [0.25, 0.3) is 0 Å².